The third-order valence-electron chi connectivity index (χ3n) is 7.36. The Morgan fingerprint density at radius 1 is 1.07 bits per heavy atom. The molecule has 3 saturated heterocycles. The predicted molar refractivity (Wildman–Crippen MR) is 105 cm³/mol. The number of likely N-dealkylation sites (tertiary alicyclic amines) is 2. The Morgan fingerprint density at radius 2 is 1.85 bits per heavy atom. The Balaban J connectivity index is 1.33. The first-order valence-electron chi connectivity index (χ1n) is 11.0. The molecule has 2 amide bonds. The van der Waals surface area contributed by atoms with Crippen molar-refractivity contribution in [3.63, 3.8) is 0 Å². The number of amides is 2. The van der Waals surface area contributed by atoms with Crippen LogP contribution in [0.3, 0.4) is 0 Å². The van der Waals surface area contributed by atoms with Crippen molar-refractivity contribution in [2.45, 2.75) is 56.9 Å². The smallest absolute Gasteiger partial charge is 0.223 e. The summed E-state index contributed by atoms with van der Waals surface area (Å²) in [6.45, 7) is 7.72. The van der Waals surface area contributed by atoms with Gasteiger partial charge >= 0.3 is 0 Å². The number of rotatable bonds is 5. The molecule has 1 atom stereocenters. The maximum Gasteiger partial charge on any atom is 0.223 e. The fourth-order valence-corrected chi connectivity index (χ4v) is 5.15. The molecule has 1 aliphatic carbocycles. The minimum atomic E-state index is 0.100. The summed E-state index contributed by atoms with van der Waals surface area (Å²) < 4.78 is 0. The summed E-state index contributed by atoms with van der Waals surface area (Å²) >= 11 is 0. The highest BCUT2D eigenvalue weighted by Crippen LogP contribution is 2.35. The van der Waals surface area contributed by atoms with Crippen molar-refractivity contribution in [3.8, 4) is 0 Å². The molecule has 0 bridgehead atoms. The zero-order chi connectivity index (χ0) is 18.9. The summed E-state index contributed by atoms with van der Waals surface area (Å²) in [7, 11) is 2.23. The normalized spacial score (nSPS) is 30.9. The van der Waals surface area contributed by atoms with Gasteiger partial charge in [-0.05, 0) is 51.5 Å². The molecule has 0 aromatic heterocycles. The molecule has 4 fully saturated rings. The molecule has 0 N–H and O–H groups in total. The summed E-state index contributed by atoms with van der Waals surface area (Å²) in [5.74, 6) is 1.45. The molecule has 3 aliphatic heterocycles. The third kappa shape index (κ3) is 4.48. The van der Waals surface area contributed by atoms with Gasteiger partial charge in [-0.3, -0.25) is 19.4 Å². The molecule has 0 aromatic rings. The topological polar surface area (TPSA) is 47.1 Å². The number of hydrogen-bond acceptors (Lipinski definition) is 4. The maximum absolute atomic E-state index is 12.6. The van der Waals surface area contributed by atoms with E-state index in [-0.39, 0.29) is 5.54 Å². The summed E-state index contributed by atoms with van der Waals surface area (Å²) in [6.07, 6.45) is 8.27. The first-order valence-corrected chi connectivity index (χ1v) is 11.0. The van der Waals surface area contributed by atoms with Crippen LogP contribution in [0.4, 0.5) is 0 Å². The largest absolute Gasteiger partial charge is 0.343 e. The zero-order valence-corrected chi connectivity index (χ0v) is 17.0. The highest BCUT2D eigenvalue weighted by atomic mass is 16.2. The second-order valence-corrected chi connectivity index (χ2v) is 9.29. The van der Waals surface area contributed by atoms with Crippen LogP contribution in [0.15, 0.2) is 0 Å². The Bertz CT molecular complexity index is 558. The Morgan fingerprint density at radius 3 is 2.59 bits per heavy atom. The summed E-state index contributed by atoms with van der Waals surface area (Å²) in [5.41, 5.74) is 0.100. The second-order valence-electron chi connectivity index (χ2n) is 9.29. The highest BCUT2D eigenvalue weighted by Gasteiger charge is 2.42. The van der Waals surface area contributed by atoms with Crippen molar-refractivity contribution < 1.29 is 9.59 Å². The molecule has 4 aliphatic rings. The van der Waals surface area contributed by atoms with E-state index in [0.717, 1.165) is 84.0 Å². The number of hydrogen-bond donors (Lipinski definition) is 0. The summed E-state index contributed by atoms with van der Waals surface area (Å²) in [4.78, 5) is 34.2. The summed E-state index contributed by atoms with van der Waals surface area (Å²) in [6, 6.07) is 0. The standard InChI is InChI=1S/C21H36N4O2/c1-22-14-15-23(12-7-20(27)24-10-2-3-11-24)17-21(22)8-6-19(26)25(13-9-21)16-18-4-5-18/h18H,2-17H2,1H3/t21-/m0/s1. The van der Waals surface area contributed by atoms with E-state index in [1.165, 1.54) is 12.8 Å². The van der Waals surface area contributed by atoms with Crippen molar-refractivity contribution in [2.75, 3.05) is 59.4 Å². The van der Waals surface area contributed by atoms with Gasteiger partial charge in [-0.1, -0.05) is 0 Å². The molecule has 6 nitrogen and oxygen atoms in total. The average molecular weight is 377 g/mol. The van der Waals surface area contributed by atoms with E-state index < -0.39 is 0 Å². The summed E-state index contributed by atoms with van der Waals surface area (Å²) in [5, 5.41) is 0. The predicted octanol–water partition coefficient (Wildman–Crippen LogP) is 1.41. The van der Waals surface area contributed by atoms with Gasteiger partial charge in [-0.25, -0.2) is 0 Å². The maximum atomic E-state index is 12.6. The fourth-order valence-electron chi connectivity index (χ4n) is 5.15. The van der Waals surface area contributed by atoms with E-state index >= 15 is 0 Å². The first-order chi connectivity index (χ1) is 13.1. The van der Waals surface area contributed by atoms with Crippen molar-refractivity contribution in [1.82, 2.24) is 19.6 Å². The van der Waals surface area contributed by atoms with E-state index in [1.807, 2.05) is 4.90 Å². The van der Waals surface area contributed by atoms with Gasteiger partial charge in [0, 0.05) is 70.7 Å². The highest BCUT2D eigenvalue weighted by molar-refractivity contribution is 5.77. The van der Waals surface area contributed by atoms with Gasteiger partial charge in [-0.15, -0.1) is 0 Å². The van der Waals surface area contributed by atoms with Crippen molar-refractivity contribution in [3.05, 3.63) is 0 Å². The van der Waals surface area contributed by atoms with Crippen LogP contribution in [0.2, 0.25) is 0 Å². The number of likely N-dealkylation sites (N-methyl/N-ethyl adjacent to an activating group) is 1. The number of nitrogens with zero attached hydrogens (tertiary/aromatic N) is 4. The number of piperazine rings is 1. The number of carbonyl (C=O) groups is 2. The van der Waals surface area contributed by atoms with Crippen LogP contribution in [0.25, 0.3) is 0 Å². The number of carbonyl (C=O) groups excluding carboxylic acids is 2. The van der Waals surface area contributed by atoms with E-state index in [2.05, 4.69) is 21.7 Å². The molecule has 0 radical (unpaired) electrons. The van der Waals surface area contributed by atoms with Gasteiger partial charge < -0.3 is 9.80 Å². The molecule has 1 spiro atoms. The fraction of sp³-hybridized carbons (Fsp3) is 0.905. The zero-order valence-electron chi connectivity index (χ0n) is 17.0. The molecule has 1 saturated carbocycles. The van der Waals surface area contributed by atoms with Gasteiger partial charge in [0.15, 0.2) is 0 Å². The van der Waals surface area contributed by atoms with Crippen molar-refractivity contribution in [2.24, 2.45) is 5.92 Å². The van der Waals surface area contributed by atoms with Crippen LogP contribution < -0.4 is 0 Å². The van der Waals surface area contributed by atoms with Gasteiger partial charge in [-0.2, -0.15) is 0 Å². The Labute approximate surface area is 163 Å². The van der Waals surface area contributed by atoms with Gasteiger partial charge in [0.1, 0.15) is 0 Å². The van der Waals surface area contributed by atoms with Crippen molar-refractivity contribution in [1.29, 1.82) is 0 Å². The van der Waals surface area contributed by atoms with E-state index in [9.17, 15) is 9.59 Å². The Hall–Kier alpha value is -1.14. The molecule has 0 unspecified atom stereocenters. The van der Waals surface area contributed by atoms with Gasteiger partial charge in [0.25, 0.3) is 0 Å². The molecule has 152 valence electrons. The lowest BCUT2D eigenvalue weighted by Gasteiger charge is -2.49. The van der Waals surface area contributed by atoms with Gasteiger partial charge in [0.05, 0.1) is 0 Å². The molecular weight excluding hydrogens is 340 g/mol. The quantitative estimate of drug-likeness (QED) is 0.728. The second kappa shape index (κ2) is 8.08. The van der Waals surface area contributed by atoms with Crippen molar-refractivity contribution >= 4 is 11.8 Å². The van der Waals surface area contributed by atoms with E-state index in [0.29, 0.717) is 24.7 Å². The van der Waals surface area contributed by atoms with E-state index in [1.54, 1.807) is 0 Å². The van der Waals surface area contributed by atoms with Gasteiger partial charge in [0.2, 0.25) is 11.8 Å². The first kappa shape index (κ1) is 19.2. The lowest BCUT2D eigenvalue weighted by molar-refractivity contribution is -0.131. The lowest BCUT2D eigenvalue weighted by Crippen LogP contribution is -2.61. The Kier molecular flexibility index (Phi) is 5.74. The van der Waals surface area contributed by atoms with Crippen LogP contribution in [-0.2, 0) is 9.59 Å². The van der Waals surface area contributed by atoms with E-state index in [4.69, 9.17) is 0 Å². The van der Waals surface area contributed by atoms with Crippen LogP contribution in [0.1, 0.15) is 51.4 Å². The molecule has 27 heavy (non-hydrogen) atoms. The van der Waals surface area contributed by atoms with Crippen LogP contribution in [0.5, 0.6) is 0 Å². The SMILES string of the molecule is CN1CCN(CCC(=O)N2CCCC2)C[C@@]12CCC(=O)N(CC1CC1)CC2. The minimum Gasteiger partial charge on any atom is -0.343 e. The average Bonchev–Trinajstić information content (AvgIpc) is 3.35. The van der Waals surface area contributed by atoms with Crippen LogP contribution >= 0.6 is 0 Å². The molecule has 3 heterocycles. The third-order valence-corrected chi connectivity index (χ3v) is 7.36. The van der Waals surface area contributed by atoms with Crippen LogP contribution in [0, 0.1) is 5.92 Å². The van der Waals surface area contributed by atoms with Crippen LogP contribution in [-0.4, -0.2) is 96.4 Å². The lowest BCUT2D eigenvalue weighted by atomic mass is 9.86. The minimum absolute atomic E-state index is 0.100. The molecule has 4 rings (SSSR count). The molecule has 6 heteroatoms. The molecule has 0 aromatic carbocycles. The molecular formula is C21H36N4O2. The monoisotopic (exact) mass is 376 g/mol.